The molecule has 3 aromatic rings. The van der Waals surface area contributed by atoms with Crippen LogP contribution < -0.4 is 10.0 Å². The zero-order valence-corrected chi connectivity index (χ0v) is 18.6. The van der Waals surface area contributed by atoms with Crippen molar-refractivity contribution in [2.45, 2.75) is 38.0 Å². The number of aromatic nitrogens is 1. The third kappa shape index (κ3) is 5.98. The Morgan fingerprint density at radius 1 is 1.13 bits per heavy atom. The fraction of sp³-hybridized carbons (Fsp3) is 0.273. The molecular formula is C22H25N3O3S2. The van der Waals surface area contributed by atoms with Gasteiger partial charge in [0.1, 0.15) is 0 Å². The van der Waals surface area contributed by atoms with Crippen molar-refractivity contribution in [3.8, 4) is 11.3 Å². The van der Waals surface area contributed by atoms with E-state index in [-0.39, 0.29) is 10.8 Å². The summed E-state index contributed by atoms with van der Waals surface area (Å²) < 4.78 is 26.8. The van der Waals surface area contributed by atoms with E-state index in [4.69, 9.17) is 0 Å². The molecule has 2 aromatic carbocycles. The molecule has 3 rings (SSSR count). The lowest BCUT2D eigenvalue weighted by molar-refractivity contribution is -0.116. The highest BCUT2D eigenvalue weighted by molar-refractivity contribution is 7.89. The minimum atomic E-state index is -3.47. The molecule has 158 valence electrons. The molecule has 0 radical (unpaired) electrons. The third-order valence-corrected chi connectivity index (χ3v) is 6.73. The summed E-state index contributed by atoms with van der Waals surface area (Å²) in [6.07, 6.45) is 1.57. The summed E-state index contributed by atoms with van der Waals surface area (Å²) >= 11 is 1.59. The van der Waals surface area contributed by atoms with Gasteiger partial charge in [-0.1, -0.05) is 31.2 Å². The van der Waals surface area contributed by atoms with Gasteiger partial charge in [0, 0.05) is 29.6 Å². The van der Waals surface area contributed by atoms with Crippen LogP contribution in [0, 0.1) is 6.92 Å². The topological polar surface area (TPSA) is 88.2 Å². The maximum atomic E-state index is 12.4. The molecule has 30 heavy (non-hydrogen) atoms. The van der Waals surface area contributed by atoms with Gasteiger partial charge in [-0.2, -0.15) is 0 Å². The fourth-order valence-corrected chi connectivity index (χ4v) is 4.64. The number of nitrogens with one attached hydrogen (secondary N) is 2. The maximum absolute atomic E-state index is 12.4. The van der Waals surface area contributed by atoms with Crippen molar-refractivity contribution in [2.24, 2.45) is 0 Å². The molecule has 0 aliphatic heterocycles. The first kappa shape index (κ1) is 22.1. The maximum Gasteiger partial charge on any atom is 0.240 e. The summed E-state index contributed by atoms with van der Waals surface area (Å²) in [6, 6.07) is 14.3. The molecule has 1 aromatic heterocycles. The number of amides is 1. The summed E-state index contributed by atoms with van der Waals surface area (Å²) in [4.78, 5) is 17.1. The molecule has 1 heterocycles. The number of anilines is 1. The molecule has 0 aliphatic carbocycles. The lowest BCUT2D eigenvalue weighted by Crippen LogP contribution is -2.24. The molecule has 1 amide bonds. The number of hydrogen-bond donors (Lipinski definition) is 2. The first-order valence-electron chi connectivity index (χ1n) is 9.78. The van der Waals surface area contributed by atoms with Gasteiger partial charge in [-0.15, -0.1) is 11.3 Å². The van der Waals surface area contributed by atoms with E-state index in [1.807, 2.05) is 43.5 Å². The average molecular weight is 444 g/mol. The molecule has 8 heteroatoms. The number of sulfonamides is 1. The first-order chi connectivity index (χ1) is 14.4. The van der Waals surface area contributed by atoms with E-state index in [9.17, 15) is 13.2 Å². The highest BCUT2D eigenvalue weighted by atomic mass is 32.2. The number of benzene rings is 2. The Hall–Kier alpha value is -2.55. The lowest BCUT2D eigenvalue weighted by Gasteiger charge is -2.08. The van der Waals surface area contributed by atoms with E-state index in [0.29, 0.717) is 19.4 Å². The van der Waals surface area contributed by atoms with Crippen molar-refractivity contribution in [1.82, 2.24) is 9.71 Å². The van der Waals surface area contributed by atoms with Gasteiger partial charge in [0.05, 0.1) is 15.6 Å². The van der Waals surface area contributed by atoms with Crippen LogP contribution in [0.3, 0.4) is 0 Å². The van der Waals surface area contributed by atoms with Gasteiger partial charge < -0.3 is 5.32 Å². The highest BCUT2D eigenvalue weighted by Gasteiger charge is 2.13. The van der Waals surface area contributed by atoms with Gasteiger partial charge in [-0.25, -0.2) is 18.1 Å². The molecule has 2 N–H and O–H groups in total. The van der Waals surface area contributed by atoms with Crippen LogP contribution >= 0.6 is 11.3 Å². The normalized spacial score (nSPS) is 11.4. The van der Waals surface area contributed by atoms with E-state index in [0.717, 1.165) is 33.9 Å². The van der Waals surface area contributed by atoms with Crippen molar-refractivity contribution >= 4 is 33.0 Å². The molecule has 0 bridgehead atoms. The second-order valence-electron chi connectivity index (χ2n) is 6.92. The molecule has 0 spiro atoms. The Bertz CT molecular complexity index is 1110. The SMILES string of the molecule is CCCNS(=O)(=O)c1ccc(CCC(=O)Nc2cccc(-c3csc(C)n3)c2)cc1. The lowest BCUT2D eigenvalue weighted by atomic mass is 10.1. The molecule has 0 fully saturated rings. The standard InChI is InChI=1S/C22H25N3O3S2/c1-3-13-23-30(27,28)20-10-7-17(8-11-20)9-12-22(26)25-19-6-4-5-18(14-19)21-15-29-16(2)24-21/h4-8,10-11,14-15,23H,3,9,12-13H2,1-2H3,(H,25,26). The number of rotatable bonds is 9. The first-order valence-corrected chi connectivity index (χ1v) is 12.1. The van der Waals surface area contributed by atoms with Gasteiger partial charge >= 0.3 is 0 Å². The van der Waals surface area contributed by atoms with E-state index in [2.05, 4.69) is 15.0 Å². The number of thiazole rings is 1. The molecule has 0 atom stereocenters. The zero-order chi connectivity index (χ0) is 21.6. The van der Waals surface area contributed by atoms with E-state index in [1.54, 1.807) is 35.6 Å². The summed E-state index contributed by atoms with van der Waals surface area (Å²) in [5, 5.41) is 5.92. The molecule has 0 saturated carbocycles. The van der Waals surface area contributed by atoms with Crippen LogP contribution in [-0.4, -0.2) is 25.9 Å². The Morgan fingerprint density at radius 2 is 1.90 bits per heavy atom. The van der Waals surface area contributed by atoms with Crippen LogP contribution in [0.5, 0.6) is 0 Å². The monoisotopic (exact) mass is 443 g/mol. The van der Waals surface area contributed by atoms with Gasteiger partial charge in [-0.05, 0) is 49.6 Å². The van der Waals surface area contributed by atoms with Crippen molar-refractivity contribution in [2.75, 3.05) is 11.9 Å². The van der Waals surface area contributed by atoms with Crippen LogP contribution in [0.1, 0.15) is 30.3 Å². The fourth-order valence-electron chi connectivity index (χ4n) is 2.89. The van der Waals surface area contributed by atoms with Crippen molar-refractivity contribution in [3.05, 3.63) is 64.5 Å². The van der Waals surface area contributed by atoms with Gasteiger partial charge in [0.2, 0.25) is 15.9 Å². The Balaban J connectivity index is 1.56. The minimum absolute atomic E-state index is 0.0945. The summed E-state index contributed by atoms with van der Waals surface area (Å²) in [5.41, 5.74) is 3.50. The van der Waals surface area contributed by atoms with Crippen LogP contribution in [-0.2, 0) is 21.2 Å². The van der Waals surface area contributed by atoms with Gasteiger partial charge in [0.15, 0.2) is 0 Å². The largest absolute Gasteiger partial charge is 0.326 e. The van der Waals surface area contributed by atoms with Crippen molar-refractivity contribution in [1.29, 1.82) is 0 Å². The van der Waals surface area contributed by atoms with Crippen LogP contribution in [0.2, 0.25) is 0 Å². The number of carbonyl (C=O) groups excluding carboxylic acids is 1. The second-order valence-corrected chi connectivity index (χ2v) is 9.75. The molecule has 0 unspecified atom stereocenters. The predicted octanol–water partition coefficient (Wildman–Crippen LogP) is 4.38. The Labute approximate surface area is 181 Å². The predicted molar refractivity (Wildman–Crippen MR) is 121 cm³/mol. The quantitative estimate of drug-likeness (QED) is 0.514. The Kier molecular flexibility index (Phi) is 7.36. The van der Waals surface area contributed by atoms with Crippen LogP contribution in [0.4, 0.5) is 5.69 Å². The Morgan fingerprint density at radius 3 is 2.57 bits per heavy atom. The number of carbonyl (C=O) groups is 1. The summed E-state index contributed by atoms with van der Waals surface area (Å²) in [5.74, 6) is -0.0945. The summed E-state index contributed by atoms with van der Waals surface area (Å²) in [7, 11) is -3.47. The smallest absolute Gasteiger partial charge is 0.240 e. The van der Waals surface area contributed by atoms with E-state index in [1.165, 1.54) is 0 Å². The van der Waals surface area contributed by atoms with Crippen molar-refractivity contribution in [3.63, 3.8) is 0 Å². The number of nitrogens with zero attached hydrogens (tertiary/aromatic N) is 1. The van der Waals surface area contributed by atoms with Gasteiger partial charge in [0.25, 0.3) is 0 Å². The average Bonchev–Trinajstić information content (AvgIpc) is 3.18. The van der Waals surface area contributed by atoms with Crippen LogP contribution in [0.15, 0.2) is 58.8 Å². The molecule has 6 nitrogen and oxygen atoms in total. The minimum Gasteiger partial charge on any atom is -0.326 e. The molecule has 0 saturated heterocycles. The summed E-state index contributed by atoms with van der Waals surface area (Å²) in [6.45, 7) is 4.28. The van der Waals surface area contributed by atoms with Crippen LogP contribution in [0.25, 0.3) is 11.3 Å². The van der Waals surface area contributed by atoms with Gasteiger partial charge in [-0.3, -0.25) is 4.79 Å². The zero-order valence-electron chi connectivity index (χ0n) is 17.0. The molecule has 0 aliphatic rings. The third-order valence-electron chi connectivity index (χ3n) is 4.48. The van der Waals surface area contributed by atoms with Crippen molar-refractivity contribution < 1.29 is 13.2 Å². The van der Waals surface area contributed by atoms with E-state index >= 15 is 0 Å². The van der Waals surface area contributed by atoms with E-state index < -0.39 is 10.0 Å². The number of aryl methyl sites for hydroxylation is 2. The highest BCUT2D eigenvalue weighted by Crippen LogP contribution is 2.24. The number of hydrogen-bond acceptors (Lipinski definition) is 5. The molecular weight excluding hydrogens is 418 g/mol. The second kappa shape index (κ2) is 9.97.